The zero-order valence-corrected chi connectivity index (χ0v) is 11.0. The van der Waals surface area contributed by atoms with E-state index < -0.39 is 0 Å². The lowest BCUT2D eigenvalue weighted by atomic mass is 10.3. The Balaban J connectivity index is 2.02. The van der Waals surface area contributed by atoms with Gasteiger partial charge in [-0.1, -0.05) is 16.6 Å². The van der Waals surface area contributed by atoms with Crippen molar-refractivity contribution in [1.29, 1.82) is 0 Å². The van der Waals surface area contributed by atoms with Gasteiger partial charge in [0.05, 0.1) is 0 Å². The molecule has 0 atom stereocenters. The van der Waals surface area contributed by atoms with E-state index in [1.54, 1.807) is 17.8 Å². The van der Waals surface area contributed by atoms with Crippen LogP contribution in [0.3, 0.4) is 0 Å². The summed E-state index contributed by atoms with van der Waals surface area (Å²) < 4.78 is 3.93. The molecule has 2 N–H and O–H groups in total. The fourth-order valence-electron chi connectivity index (χ4n) is 1.32. The van der Waals surface area contributed by atoms with Gasteiger partial charge in [-0.15, -0.1) is 16.9 Å². The number of anilines is 1. The Morgan fingerprint density at radius 3 is 3.00 bits per heavy atom. The normalized spacial score (nSPS) is 10.4. The number of aromatic nitrogens is 2. The van der Waals surface area contributed by atoms with Gasteiger partial charge >= 0.3 is 0 Å². The number of para-hydroxylation sites is 1. The van der Waals surface area contributed by atoms with E-state index in [1.807, 2.05) is 25.1 Å². The number of hydrogen-bond acceptors (Lipinski definition) is 6. The summed E-state index contributed by atoms with van der Waals surface area (Å²) in [5.74, 6) is 1.02. The molecular weight excluding hydrogens is 254 g/mol. The lowest BCUT2D eigenvalue weighted by molar-refractivity contribution is 0.462. The van der Waals surface area contributed by atoms with Gasteiger partial charge in [0.25, 0.3) is 0 Å². The van der Waals surface area contributed by atoms with Gasteiger partial charge in [-0.2, -0.15) is 0 Å². The second kappa shape index (κ2) is 5.88. The van der Waals surface area contributed by atoms with Crippen molar-refractivity contribution < 1.29 is 5.11 Å². The van der Waals surface area contributed by atoms with Crippen molar-refractivity contribution in [2.24, 2.45) is 0 Å². The van der Waals surface area contributed by atoms with Crippen LogP contribution >= 0.6 is 23.3 Å². The average molecular weight is 267 g/mol. The van der Waals surface area contributed by atoms with Crippen molar-refractivity contribution in [2.75, 3.05) is 11.9 Å². The molecule has 1 aromatic carbocycles. The van der Waals surface area contributed by atoms with Crippen LogP contribution < -0.4 is 5.32 Å². The highest BCUT2D eigenvalue weighted by Gasteiger charge is 2.08. The zero-order valence-electron chi connectivity index (χ0n) is 9.38. The van der Waals surface area contributed by atoms with Crippen LogP contribution in [0.5, 0.6) is 5.75 Å². The SMILES string of the molecule is CCNc1snnc1CSc1ccccc1O. The minimum Gasteiger partial charge on any atom is -0.507 e. The summed E-state index contributed by atoms with van der Waals surface area (Å²) in [6, 6.07) is 7.31. The third kappa shape index (κ3) is 3.10. The molecule has 0 aliphatic carbocycles. The molecule has 2 rings (SSSR count). The van der Waals surface area contributed by atoms with E-state index in [-0.39, 0.29) is 0 Å². The number of rotatable bonds is 5. The first-order valence-corrected chi connectivity index (χ1v) is 7.03. The molecule has 0 spiro atoms. The first-order chi connectivity index (χ1) is 8.31. The van der Waals surface area contributed by atoms with Gasteiger partial charge in [0.2, 0.25) is 0 Å². The summed E-state index contributed by atoms with van der Waals surface area (Å²) in [5.41, 5.74) is 0.935. The van der Waals surface area contributed by atoms with E-state index in [0.29, 0.717) is 11.5 Å². The first-order valence-electron chi connectivity index (χ1n) is 5.27. The van der Waals surface area contributed by atoms with Gasteiger partial charge in [0.1, 0.15) is 16.4 Å². The topological polar surface area (TPSA) is 58.0 Å². The number of hydrogen-bond donors (Lipinski definition) is 2. The van der Waals surface area contributed by atoms with Gasteiger partial charge in [-0.05, 0) is 19.1 Å². The maximum atomic E-state index is 9.64. The maximum absolute atomic E-state index is 9.64. The highest BCUT2D eigenvalue weighted by atomic mass is 32.2. The highest BCUT2D eigenvalue weighted by Crippen LogP contribution is 2.32. The fraction of sp³-hybridized carbons (Fsp3) is 0.273. The number of aromatic hydroxyl groups is 1. The molecule has 90 valence electrons. The predicted molar refractivity (Wildman–Crippen MR) is 71.7 cm³/mol. The number of phenols is 1. The lowest BCUT2D eigenvalue weighted by Crippen LogP contribution is -1.97. The van der Waals surface area contributed by atoms with Crippen LogP contribution in [0.2, 0.25) is 0 Å². The Morgan fingerprint density at radius 2 is 2.24 bits per heavy atom. The number of thioether (sulfide) groups is 1. The van der Waals surface area contributed by atoms with Crippen LogP contribution in [0.15, 0.2) is 29.2 Å². The molecule has 4 nitrogen and oxygen atoms in total. The predicted octanol–water partition coefficient (Wildman–Crippen LogP) is 2.97. The van der Waals surface area contributed by atoms with Crippen LogP contribution in [0.25, 0.3) is 0 Å². The summed E-state index contributed by atoms with van der Waals surface area (Å²) in [5, 5.41) is 18.0. The molecule has 0 saturated carbocycles. The molecule has 17 heavy (non-hydrogen) atoms. The summed E-state index contributed by atoms with van der Waals surface area (Å²) in [6.45, 7) is 2.90. The summed E-state index contributed by atoms with van der Waals surface area (Å²) in [6.07, 6.45) is 0. The van der Waals surface area contributed by atoms with Crippen LogP contribution in [0, 0.1) is 0 Å². The molecule has 0 saturated heterocycles. The Kier molecular flexibility index (Phi) is 4.22. The molecule has 0 aliphatic rings. The largest absolute Gasteiger partial charge is 0.507 e. The smallest absolute Gasteiger partial charge is 0.134 e. The van der Waals surface area contributed by atoms with Crippen LogP contribution in [0.4, 0.5) is 5.00 Å². The second-order valence-corrected chi connectivity index (χ2v) is 5.11. The van der Waals surface area contributed by atoms with Crippen molar-refractivity contribution >= 4 is 28.3 Å². The lowest BCUT2D eigenvalue weighted by Gasteiger charge is -2.04. The third-order valence-corrected chi connectivity index (χ3v) is 3.92. The minimum atomic E-state index is 0.311. The van der Waals surface area contributed by atoms with Crippen LogP contribution in [-0.4, -0.2) is 21.2 Å². The second-order valence-electron chi connectivity index (χ2n) is 3.34. The Morgan fingerprint density at radius 1 is 1.41 bits per heavy atom. The van der Waals surface area contributed by atoms with E-state index in [4.69, 9.17) is 0 Å². The molecule has 1 aromatic heterocycles. The average Bonchev–Trinajstić information content (AvgIpc) is 2.76. The minimum absolute atomic E-state index is 0.311. The molecule has 1 heterocycles. The van der Waals surface area contributed by atoms with E-state index in [9.17, 15) is 5.11 Å². The molecule has 0 unspecified atom stereocenters. The van der Waals surface area contributed by atoms with Crippen LogP contribution in [0.1, 0.15) is 12.6 Å². The van der Waals surface area contributed by atoms with Gasteiger partial charge in [-0.25, -0.2) is 0 Å². The monoisotopic (exact) mass is 267 g/mol. The van der Waals surface area contributed by atoms with E-state index in [0.717, 1.165) is 22.1 Å². The number of nitrogens with one attached hydrogen (secondary N) is 1. The summed E-state index contributed by atoms with van der Waals surface area (Å²) in [4.78, 5) is 0.864. The van der Waals surface area contributed by atoms with Gasteiger partial charge in [0.15, 0.2) is 0 Å². The van der Waals surface area contributed by atoms with E-state index in [1.165, 1.54) is 11.5 Å². The van der Waals surface area contributed by atoms with Crippen molar-refractivity contribution in [1.82, 2.24) is 9.59 Å². The molecule has 6 heteroatoms. The van der Waals surface area contributed by atoms with Gasteiger partial charge in [-0.3, -0.25) is 0 Å². The standard InChI is InChI=1S/C11H13N3OS2/c1-2-12-11-8(13-14-17-11)7-16-10-6-4-3-5-9(10)15/h3-6,12,15H,2,7H2,1H3. The number of nitrogens with zero attached hydrogens (tertiary/aromatic N) is 2. The Hall–Kier alpha value is -1.27. The first kappa shape index (κ1) is 12.2. The molecule has 0 fully saturated rings. The molecule has 0 aliphatic heterocycles. The van der Waals surface area contributed by atoms with Crippen molar-refractivity contribution in [3.05, 3.63) is 30.0 Å². The molecular formula is C11H13N3OS2. The van der Waals surface area contributed by atoms with Gasteiger partial charge < -0.3 is 10.4 Å². The Bertz CT molecular complexity index is 487. The molecule has 2 aromatic rings. The van der Waals surface area contributed by atoms with E-state index >= 15 is 0 Å². The fourth-order valence-corrected chi connectivity index (χ4v) is 2.95. The number of benzene rings is 1. The summed E-state index contributed by atoms with van der Waals surface area (Å²) in [7, 11) is 0. The van der Waals surface area contributed by atoms with Crippen molar-refractivity contribution in [3.63, 3.8) is 0 Å². The van der Waals surface area contributed by atoms with Gasteiger partial charge in [0, 0.05) is 28.7 Å². The summed E-state index contributed by atoms with van der Waals surface area (Å²) >= 11 is 2.92. The van der Waals surface area contributed by atoms with Crippen LogP contribution in [-0.2, 0) is 5.75 Å². The molecule has 0 bridgehead atoms. The Labute approximate surface area is 108 Å². The van der Waals surface area contributed by atoms with Crippen molar-refractivity contribution in [3.8, 4) is 5.75 Å². The molecule has 0 radical (unpaired) electrons. The van der Waals surface area contributed by atoms with E-state index in [2.05, 4.69) is 14.9 Å². The maximum Gasteiger partial charge on any atom is 0.134 e. The zero-order chi connectivity index (χ0) is 12.1. The highest BCUT2D eigenvalue weighted by molar-refractivity contribution is 7.98. The quantitative estimate of drug-likeness (QED) is 0.816. The number of phenolic OH excluding ortho intramolecular Hbond substituents is 1. The molecule has 0 amide bonds. The van der Waals surface area contributed by atoms with Crippen molar-refractivity contribution in [2.45, 2.75) is 17.6 Å². The third-order valence-electron chi connectivity index (χ3n) is 2.12.